The molecule has 0 radical (unpaired) electrons. The average molecular weight is 587 g/mol. The molecule has 3 heterocycles. The Bertz CT molecular complexity index is 1950. The molecular formula is C32H31KN6O3. The molecule has 6 rings (SSSR count). The summed E-state index contributed by atoms with van der Waals surface area (Å²) in [7, 11) is 0. The summed E-state index contributed by atoms with van der Waals surface area (Å²) in [5, 5.41) is 8.37. The zero-order valence-corrected chi connectivity index (χ0v) is 23.2. The van der Waals surface area contributed by atoms with Crippen LogP contribution in [0.5, 0.6) is 0 Å². The van der Waals surface area contributed by atoms with Crippen molar-refractivity contribution in [2.45, 2.75) is 46.0 Å². The zero-order chi connectivity index (χ0) is 28.5. The van der Waals surface area contributed by atoms with Crippen LogP contribution in [0, 0.1) is 0 Å². The van der Waals surface area contributed by atoms with Crippen molar-refractivity contribution in [2.24, 2.45) is 0 Å². The summed E-state index contributed by atoms with van der Waals surface area (Å²) in [5.74, 6) is 0.683. The van der Waals surface area contributed by atoms with E-state index < -0.39 is 5.76 Å². The summed E-state index contributed by atoms with van der Waals surface area (Å²) in [6.07, 6.45) is 3.53. The fourth-order valence-corrected chi connectivity index (χ4v) is 5.26. The molecule has 0 saturated carbocycles. The monoisotopic (exact) mass is 586 g/mol. The van der Waals surface area contributed by atoms with Crippen molar-refractivity contribution >= 4 is 57.2 Å². The van der Waals surface area contributed by atoms with Crippen molar-refractivity contribution in [1.82, 2.24) is 29.3 Å². The number of hydrogen-bond donors (Lipinski definition) is 1. The number of aromatic nitrogens is 6. The van der Waals surface area contributed by atoms with Crippen LogP contribution >= 0.6 is 0 Å². The standard InChI is InChI=1S/C32H30N6O3.K.H/c1-4-7-28-27(30(39)37(31-33-19-34-38(28)31)24-16-14-22(15-17-24)20(2)3)18-21-10-12-23(13-11-21)25-8-5-6-9-26(25)29-35-32(40)41-36-29;;/h5-6,8-17,19-20H,4,7,18H2,1-3H3,(H,35,36,40);;. The molecule has 0 atom stereocenters. The number of nitrogens with zero attached hydrogens (tertiary/aromatic N) is 5. The summed E-state index contributed by atoms with van der Waals surface area (Å²) in [6.45, 7) is 6.39. The predicted octanol–water partition coefficient (Wildman–Crippen LogP) is 4.91. The second-order valence-corrected chi connectivity index (χ2v) is 10.4. The van der Waals surface area contributed by atoms with E-state index in [0.29, 0.717) is 35.9 Å². The molecule has 0 unspecified atom stereocenters. The molecule has 0 aliphatic carbocycles. The molecule has 0 fully saturated rings. The number of H-pyrrole nitrogens is 1. The molecule has 208 valence electrons. The van der Waals surface area contributed by atoms with Crippen LogP contribution in [0.4, 0.5) is 0 Å². The molecule has 3 aromatic heterocycles. The van der Waals surface area contributed by atoms with Crippen molar-refractivity contribution < 1.29 is 4.52 Å². The number of rotatable bonds is 8. The average Bonchev–Trinajstić information content (AvgIpc) is 3.65. The van der Waals surface area contributed by atoms with E-state index in [0.717, 1.165) is 40.1 Å². The molecule has 10 heteroatoms. The molecule has 6 aromatic rings. The van der Waals surface area contributed by atoms with E-state index in [1.54, 1.807) is 9.08 Å². The quantitative estimate of drug-likeness (QED) is 0.254. The molecule has 42 heavy (non-hydrogen) atoms. The number of aromatic amines is 1. The first kappa shape index (κ1) is 30.1. The minimum atomic E-state index is -0.598. The number of hydrogen-bond acceptors (Lipinski definition) is 6. The van der Waals surface area contributed by atoms with Crippen molar-refractivity contribution in [3.63, 3.8) is 0 Å². The summed E-state index contributed by atoms with van der Waals surface area (Å²) in [6, 6.07) is 23.8. The molecule has 3 aromatic carbocycles. The van der Waals surface area contributed by atoms with Crippen LogP contribution in [0.2, 0.25) is 0 Å². The SMILES string of the molecule is CCCc1c(Cc2ccc(-c3ccccc3-c3noc(=O)[nH]3)cc2)c(=O)n(-c2ccc(C(C)C)cc2)c2ncnn12.[KH]. The molecule has 9 nitrogen and oxygen atoms in total. The molecule has 0 spiro atoms. The van der Waals surface area contributed by atoms with Gasteiger partial charge in [-0.3, -0.25) is 14.3 Å². The van der Waals surface area contributed by atoms with Crippen LogP contribution in [-0.4, -0.2) is 80.7 Å². The van der Waals surface area contributed by atoms with Gasteiger partial charge in [-0.2, -0.15) is 10.1 Å². The summed E-state index contributed by atoms with van der Waals surface area (Å²) in [5.41, 5.74) is 7.09. The van der Waals surface area contributed by atoms with Crippen LogP contribution in [-0.2, 0) is 12.8 Å². The molecule has 0 aliphatic heterocycles. The van der Waals surface area contributed by atoms with Gasteiger partial charge in [0.25, 0.3) is 5.56 Å². The third-order valence-electron chi connectivity index (χ3n) is 7.37. The van der Waals surface area contributed by atoms with Crippen molar-refractivity contribution in [3.8, 4) is 28.2 Å². The molecule has 0 saturated heterocycles. The van der Waals surface area contributed by atoms with E-state index in [4.69, 9.17) is 4.52 Å². The van der Waals surface area contributed by atoms with Gasteiger partial charge in [0.1, 0.15) is 6.33 Å². The van der Waals surface area contributed by atoms with Crippen LogP contribution < -0.4 is 11.3 Å². The van der Waals surface area contributed by atoms with Gasteiger partial charge in [-0.1, -0.05) is 93.0 Å². The first-order valence-electron chi connectivity index (χ1n) is 13.8. The maximum absolute atomic E-state index is 14.1. The van der Waals surface area contributed by atoms with Crippen molar-refractivity contribution in [2.75, 3.05) is 0 Å². The Hall–Kier alpha value is -3.41. The fraction of sp³-hybridized carbons (Fsp3) is 0.219. The first-order chi connectivity index (χ1) is 19.9. The Morgan fingerprint density at radius 2 is 1.64 bits per heavy atom. The number of nitrogens with one attached hydrogen (secondary N) is 1. The topological polar surface area (TPSA) is 111 Å². The number of benzene rings is 3. The predicted molar refractivity (Wildman–Crippen MR) is 165 cm³/mol. The van der Waals surface area contributed by atoms with Gasteiger partial charge < -0.3 is 0 Å². The van der Waals surface area contributed by atoms with Gasteiger partial charge in [0.05, 0.1) is 11.4 Å². The van der Waals surface area contributed by atoms with Gasteiger partial charge >= 0.3 is 57.1 Å². The first-order valence-corrected chi connectivity index (χ1v) is 13.8. The number of fused-ring (bicyclic) bond motifs is 1. The molecule has 0 bridgehead atoms. The van der Waals surface area contributed by atoms with Crippen LogP contribution in [0.1, 0.15) is 55.5 Å². The Kier molecular flexibility index (Phi) is 9.19. The molecule has 0 amide bonds. The Balaban J connectivity index is 0.00000353. The molecule has 1 N–H and O–H groups in total. The zero-order valence-electron chi connectivity index (χ0n) is 23.2. The van der Waals surface area contributed by atoms with Gasteiger partial charge in [-0.05, 0) is 46.7 Å². The van der Waals surface area contributed by atoms with E-state index in [1.165, 1.54) is 11.9 Å². The fourth-order valence-electron chi connectivity index (χ4n) is 5.26. The van der Waals surface area contributed by atoms with Crippen LogP contribution in [0.3, 0.4) is 0 Å². The van der Waals surface area contributed by atoms with Gasteiger partial charge in [-0.25, -0.2) is 13.9 Å². The van der Waals surface area contributed by atoms with E-state index in [9.17, 15) is 9.59 Å². The third kappa shape index (κ3) is 5.77. The second-order valence-electron chi connectivity index (χ2n) is 10.4. The van der Waals surface area contributed by atoms with Crippen molar-refractivity contribution in [1.29, 1.82) is 0 Å². The Morgan fingerprint density at radius 1 is 0.929 bits per heavy atom. The Morgan fingerprint density at radius 3 is 2.29 bits per heavy atom. The van der Waals surface area contributed by atoms with Gasteiger partial charge in [0, 0.05) is 17.5 Å². The van der Waals surface area contributed by atoms with E-state index >= 15 is 0 Å². The minimum absolute atomic E-state index is 0. The molecular weight excluding hydrogens is 555 g/mol. The molecule has 0 aliphatic rings. The second kappa shape index (κ2) is 12.8. The van der Waals surface area contributed by atoms with Gasteiger partial charge in [0.15, 0.2) is 5.82 Å². The number of aryl methyl sites for hydroxylation is 1. The maximum atomic E-state index is 14.1. The third-order valence-corrected chi connectivity index (χ3v) is 7.37. The summed E-state index contributed by atoms with van der Waals surface area (Å²) < 4.78 is 8.18. The van der Waals surface area contributed by atoms with Crippen LogP contribution in [0.25, 0.3) is 34.0 Å². The van der Waals surface area contributed by atoms with Gasteiger partial charge in [-0.15, -0.1) is 0 Å². The van der Waals surface area contributed by atoms with Crippen LogP contribution in [0.15, 0.2) is 93.2 Å². The van der Waals surface area contributed by atoms with E-state index in [2.05, 4.69) is 53.1 Å². The summed E-state index contributed by atoms with van der Waals surface area (Å²) >= 11 is 0. The van der Waals surface area contributed by atoms with E-state index in [1.807, 2.05) is 60.7 Å². The normalized spacial score (nSPS) is 11.2. The summed E-state index contributed by atoms with van der Waals surface area (Å²) in [4.78, 5) is 32.8. The van der Waals surface area contributed by atoms with E-state index in [-0.39, 0.29) is 56.9 Å². The van der Waals surface area contributed by atoms with Gasteiger partial charge in [0.2, 0.25) is 5.78 Å². The van der Waals surface area contributed by atoms with Crippen molar-refractivity contribution in [3.05, 3.63) is 122 Å². The Labute approximate surface area is 285 Å².